The quantitative estimate of drug-likeness (QED) is 0.738. The van der Waals surface area contributed by atoms with Crippen molar-refractivity contribution >= 4 is 29.3 Å². The van der Waals surface area contributed by atoms with Crippen LogP contribution >= 0.6 is 23.4 Å². The summed E-state index contributed by atoms with van der Waals surface area (Å²) in [6.07, 6.45) is 5.33. The van der Waals surface area contributed by atoms with E-state index in [4.69, 9.17) is 16.0 Å². The van der Waals surface area contributed by atoms with Gasteiger partial charge >= 0.3 is 0 Å². The number of thioether (sulfide) groups is 1. The summed E-state index contributed by atoms with van der Waals surface area (Å²) in [5.74, 6) is 2.99. The van der Waals surface area contributed by atoms with Gasteiger partial charge in [0.05, 0.1) is 16.3 Å². The summed E-state index contributed by atoms with van der Waals surface area (Å²) >= 11 is 7.40. The van der Waals surface area contributed by atoms with E-state index in [0.717, 1.165) is 11.8 Å². The van der Waals surface area contributed by atoms with Crippen molar-refractivity contribution in [2.24, 2.45) is 17.8 Å². The van der Waals surface area contributed by atoms with E-state index in [1.165, 1.54) is 37.4 Å². The Hall–Kier alpha value is -1.53. The minimum Gasteiger partial charge on any atom is -0.411 e. The highest BCUT2D eigenvalue weighted by Gasteiger charge is 2.42. The summed E-state index contributed by atoms with van der Waals surface area (Å²) in [6.45, 7) is 2.14. The van der Waals surface area contributed by atoms with E-state index in [2.05, 4.69) is 22.4 Å². The lowest BCUT2D eigenvalue weighted by Crippen LogP contribution is -2.40. The van der Waals surface area contributed by atoms with E-state index in [1.54, 1.807) is 6.07 Å². The molecule has 2 aromatic rings. The molecule has 4 atom stereocenters. The van der Waals surface area contributed by atoms with Crippen molar-refractivity contribution in [3.8, 4) is 11.5 Å². The number of halogens is 1. The molecule has 138 valence electrons. The number of rotatable bonds is 6. The van der Waals surface area contributed by atoms with Crippen molar-refractivity contribution in [1.29, 1.82) is 0 Å². The lowest BCUT2D eigenvalue weighted by atomic mass is 9.84. The van der Waals surface area contributed by atoms with Gasteiger partial charge < -0.3 is 9.73 Å². The van der Waals surface area contributed by atoms with E-state index < -0.39 is 0 Å². The maximum Gasteiger partial charge on any atom is 0.277 e. The third-order valence-corrected chi connectivity index (χ3v) is 6.81. The van der Waals surface area contributed by atoms with Crippen molar-refractivity contribution in [3.05, 3.63) is 29.3 Å². The molecule has 0 spiro atoms. The van der Waals surface area contributed by atoms with Crippen molar-refractivity contribution in [2.75, 3.05) is 5.75 Å². The van der Waals surface area contributed by atoms with Crippen LogP contribution in [0.25, 0.3) is 11.5 Å². The fraction of sp³-hybridized carbons (Fsp3) is 0.526. The Labute approximate surface area is 162 Å². The minimum absolute atomic E-state index is 0.0165. The summed E-state index contributed by atoms with van der Waals surface area (Å²) in [7, 11) is 0. The zero-order chi connectivity index (χ0) is 18.1. The number of fused-ring (bicyclic) bond motifs is 2. The highest BCUT2D eigenvalue weighted by Crippen LogP contribution is 2.49. The van der Waals surface area contributed by atoms with Crippen LogP contribution in [-0.4, -0.2) is 27.9 Å². The summed E-state index contributed by atoms with van der Waals surface area (Å²) in [4.78, 5) is 12.3. The number of nitrogens with one attached hydrogen (secondary N) is 1. The molecule has 1 aromatic carbocycles. The molecule has 1 aromatic heterocycles. The lowest BCUT2D eigenvalue weighted by Gasteiger charge is -2.28. The second-order valence-corrected chi connectivity index (χ2v) is 8.67. The second kappa shape index (κ2) is 7.61. The Balaban J connectivity index is 1.29. The Kier molecular flexibility index (Phi) is 5.23. The van der Waals surface area contributed by atoms with E-state index >= 15 is 0 Å². The number of carbonyl (C=O) groups is 1. The first-order valence-corrected chi connectivity index (χ1v) is 10.5. The normalized spacial score (nSPS) is 25.4. The van der Waals surface area contributed by atoms with E-state index in [-0.39, 0.29) is 17.7 Å². The number of hydrogen-bond acceptors (Lipinski definition) is 5. The van der Waals surface area contributed by atoms with Gasteiger partial charge in [0, 0.05) is 6.04 Å². The monoisotopic (exact) mass is 391 g/mol. The largest absolute Gasteiger partial charge is 0.411 e. The molecule has 4 unspecified atom stereocenters. The number of hydrogen-bond donors (Lipinski definition) is 1. The van der Waals surface area contributed by atoms with Gasteiger partial charge in [0.25, 0.3) is 5.22 Å². The molecule has 0 radical (unpaired) electrons. The van der Waals surface area contributed by atoms with Gasteiger partial charge in [-0.1, -0.05) is 41.9 Å². The molecule has 1 heterocycles. The Morgan fingerprint density at radius 1 is 1.35 bits per heavy atom. The van der Waals surface area contributed by atoms with Crippen LogP contribution in [0, 0.1) is 17.8 Å². The molecule has 1 N–H and O–H groups in total. The molecule has 2 aliphatic rings. The summed E-state index contributed by atoms with van der Waals surface area (Å²) in [5.41, 5.74) is 0.697. The first-order chi connectivity index (χ1) is 12.6. The molecule has 4 rings (SSSR count). The SMILES string of the molecule is CC(NC(=O)CSc1nnc(-c2ccccc2Cl)o1)C1CC2CCC1C2. The molecule has 5 nitrogen and oxygen atoms in total. The fourth-order valence-electron chi connectivity index (χ4n) is 4.45. The van der Waals surface area contributed by atoms with Gasteiger partial charge in [-0.25, -0.2) is 0 Å². The summed E-state index contributed by atoms with van der Waals surface area (Å²) in [5, 5.41) is 12.1. The van der Waals surface area contributed by atoms with Gasteiger partial charge in [-0.2, -0.15) is 0 Å². The van der Waals surface area contributed by atoms with Crippen molar-refractivity contribution in [3.63, 3.8) is 0 Å². The number of amides is 1. The molecular formula is C19H22ClN3O2S. The van der Waals surface area contributed by atoms with Gasteiger partial charge in [-0.05, 0) is 56.1 Å². The maximum absolute atomic E-state index is 12.3. The van der Waals surface area contributed by atoms with Crippen molar-refractivity contribution < 1.29 is 9.21 Å². The van der Waals surface area contributed by atoms with Crippen LogP contribution in [0.5, 0.6) is 0 Å². The predicted octanol–water partition coefficient (Wildman–Crippen LogP) is 4.42. The van der Waals surface area contributed by atoms with Crippen molar-refractivity contribution in [1.82, 2.24) is 15.5 Å². The third kappa shape index (κ3) is 3.76. The topological polar surface area (TPSA) is 68.0 Å². The Bertz CT molecular complexity index is 797. The summed E-state index contributed by atoms with van der Waals surface area (Å²) < 4.78 is 5.62. The van der Waals surface area contributed by atoms with Gasteiger partial charge in [0.15, 0.2) is 0 Å². The molecule has 2 saturated carbocycles. The van der Waals surface area contributed by atoms with Crippen LogP contribution < -0.4 is 5.32 Å². The molecule has 0 aliphatic heterocycles. The average Bonchev–Trinajstić information content (AvgIpc) is 3.37. The van der Waals surface area contributed by atoms with Crippen LogP contribution in [0.15, 0.2) is 33.9 Å². The average molecular weight is 392 g/mol. The number of carbonyl (C=O) groups excluding carboxylic acids is 1. The zero-order valence-corrected chi connectivity index (χ0v) is 16.2. The second-order valence-electron chi connectivity index (χ2n) is 7.34. The lowest BCUT2D eigenvalue weighted by molar-refractivity contribution is -0.119. The number of aromatic nitrogens is 2. The first kappa shape index (κ1) is 17.9. The molecular weight excluding hydrogens is 370 g/mol. The van der Waals surface area contributed by atoms with Crippen LogP contribution in [0.2, 0.25) is 5.02 Å². The standard InChI is InChI=1S/C19H22ClN3O2S/c1-11(15-9-12-6-7-13(15)8-12)21-17(24)10-26-19-23-22-18(25-19)14-4-2-3-5-16(14)20/h2-5,11-13,15H,6-10H2,1H3,(H,21,24). The minimum atomic E-state index is 0.0165. The van der Waals surface area contributed by atoms with E-state index in [0.29, 0.717) is 27.6 Å². The first-order valence-electron chi connectivity index (χ1n) is 9.10. The van der Waals surface area contributed by atoms with Gasteiger partial charge in [-0.15, -0.1) is 10.2 Å². The highest BCUT2D eigenvalue weighted by atomic mass is 35.5. The predicted molar refractivity (Wildman–Crippen MR) is 102 cm³/mol. The van der Waals surface area contributed by atoms with E-state index in [1.807, 2.05) is 18.2 Å². The molecule has 2 fully saturated rings. The molecule has 2 bridgehead atoms. The fourth-order valence-corrected chi connectivity index (χ4v) is 5.24. The van der Waals surface area contributed by atoms with Gasteiger partial charge in [0.2, 0.25) is 11.8 Å². The molecule has 2 aliphatic carbocycles. The molecule has 7 heteroatoms. The third-order valence-electron chi connectivity index (χ3n) is 5.66. The smallest absolute Gasteiger partial charge is 0.277 e. The van der Waals surface area contributed by atoms with Gasteiger partial charge in [-0.3, -0.25) is 4.79 Å². The van der Waals surface area contributed by atoms with Crippen LogP contribution in [0.3, 0.4) is 0 Å². The zero-order valence-electron chi connectivity index (χ0n) is 14.7. The highest BCUT2D eigenvalue weighted by molar-refractivity contribution is 7.99. The van der Waals surface area contributed by atoms with E-state index in [9.17, 15) is 4.79 Å². The molecule has 26 heavy (non-hydrogen) atoms. The maximum atomic E-state index is 12.3. The van der Waals surface area contributed by atoms with Gasteiger partial charge in [0.1, 0.15) is 0 Å². The Morgan fingerprint density at radius 3 is 2.92 bits per heavy atom. The van der Waals surface area contributed by atoms with Crippen LogP contribution in [0.1, 0.15) is 32.6 Å². The molecule has 0 saturated heterocycles. The van der Waals surface area contributed by atoms with Crippen LogP contribution in [-0.2, 0) is 4.79 Å². The Morgan fingerprint density at radius 2 is 2.19 bits per heavy atom. The van der Waals surface area contributed by atoms with Crippen LogP contribution in [0.4, 0.5) is 0 Å². The number of benzene rings is 1. The summed E-state index contributed by atoms with van der Waals surface area (Å²) in [6, 6.07) is 7.55. The number of nitrogens with zero attached hydrogens (tertiary/aromatic N) is 2. The van der Waals surface area contributed by atoms with Crippen molar-refractivity contribution in [2.45, 2.75) is 43.9 Å². The molecule has 1 amide bonds.